The van der Waals surface area contributed by atoms with Gasteiger partial charge in [0.15, 0.2) is 5.58 Å². The molecule has 0 bridgehead atoms. The molecule has 3 aromatic rings. The van der Waals surface area contributed by atoms with Crippen molar-refractivity contribution in [2.75, 3.05) is 11.4 Å². The maximum absolute atomic E-state index is 12.9. The molecule has 1 amide bonds. The van der Waals surface area contributed by atoms with Crippen LogP contribution in [0.5, 0.6) is 0 Å². The molecule has 4 nitrogen and oxygen atoms in total. The fourth-order valence-electron chi connectivity index (χ4n) is 2.74. The maximum Gasteiger partial charge on any atom is 0.233 e. The minimum absolute atomic E-state index is 0.0584. The van der Waals surface area contributed by atoms with Crippen LogP contribution in [0.4, 0.5) is 5.69 Å². The van der Waals surface area contributed by atoms with Crippen LogP contribution < -0.4 is 4.90 Å². The van der Waals surface area contributed by atoms with Gasteiger partial charge in [-0.15, -0.1) is 0 Å². The average Bonchev–Trinajstić information content (AvgIpc) is 2.97. The van der Waals surface area contributed by atoms with Crippen molar-refractivity contribution in [3.63, 3.8) is 0 Å². The summed E-state index contributed by atoms with van der Waals surface area (Å²) in [6.45, 7) is 4.61. The summed E-state index contributed by atoms with van der Waals surface area (Å²) in [7, 11) is 0. The molecule has 0 atom stereocenters. The number of amides is 1. The number of aromatic nitrogens is 1. The summed E-state index contributed by atoms with van der Waals surface area (Å²) in [6, 6.07) is 11.0. The van der Waals surface area contributed by atoms with Crippen molar-refractivity contribution in [1.82, 2.24) is 5.16 Å². The minimum Gasteiger partial charge on any atom is -0.356 e. The van der Waals surface area contributed by atoms with E-state index in [1.807, 2.05) is 32.0 Å². The molecule has 2 aromatic carbocycles. The zero-order valence-electron chi connectivity index (χ0n) is 14.1. The molecular formula is C19H18Cl2N2O2. The summed E-state index contributed by atoms with van der Waals surface area (Å²) < 4.78 is 5.33. The van der Waals surface area contributed by atoms with Crippen molar-refractivity contribution >= 4 is 45.8 Å². The van der Waals surface area contributed by atoms with Gasteiger partial charge in [-0.05, 0) is 43.7 Å². The van der Waals surface area contributed by atoms with Gasteiger partial charge in [0.2, 0.25) is 5.91 Å². The number of nitrogens with zero attached hydrogens (tertiary/aromatic N) is 2. The Bertz CT molecular complexity index is 921. The molecule has 0 fully saturated rings. The van der Waals surface area contributed by atoms with E-state index < -0.39 is 0 Å². The van der Waals surface area contributed by atoms with Crippen LogP contribution in [0.25, 0.3) is 11.0 Å². The number of anilines is 1. The van der Waals surface area contributed by atoms with Crippen LogP contribution >= 0.6 is 23.2 Å². The number of benzene rings is 2. The van der Waals surface area contributed by atoms with Gasteiger partial charge in [0.05, 0.1) is 16.5 Å². The molecule has 0 spiro atoms. The standard InChI is InChI=1S/C19H18Cl2N2O2/c1-3-8-23(13-5-6-15(20)16(21)10-13)19(24)11-17-14-9-12(2)4-7-18(14)25-22-17/h4-7,9-10H,3,8,11H2,1-2H3. The van der Waals surface area contributed by atoms with Gasteiger partial charge in [0.1, 0.15) is 5.69 Å². The first-order valence-electron chi connectivity index (χ1n) is 8.10. The van der Waals surface area contributed by atoms with Crippen LogP contribution in [0, 0.1) is 6.92 Å². The first kappa shape index (κ1) is 17.8. The van der Waals surface area contributed by atoms with Gasteiger partial charge >= 0.3 is 0 Å². The Morgan fingerprint density at radius 1 is 1.16 bits per heavy atom. The second-order valence-corrected chi connectivity index (χ2v) is 6.76. The highest BCUT2D eigenvalue weighted by Crippen LogP contribution is 2.28. The smallest absolute Gasteiger partial charge is 0.233 e. The SMILES string of the molecule is CCCN(C(=O)Cc1noc2ccc(C)cc12)c1ccc(Cl)c(Cl)c1. The van der Waals surface area contributed by atoms with Crippen molar-refractivity contribution in [2.45, 2.75) is 26.7 Å². The Kier molecular flexibility index (Phi) is 5.30. The van der Waals surface area contributed by atoms with Crippen LogP contribution in [0.2, 0.25) is 10.0 Å². The van der Waals surface area contributed by atoms with Gasteiger partial charge in [-0.3, -0.25) is 4.79 Å². The van der Waals surface area contributed by atoms with Gasteiger partial charge < -0.3 is 9.42 Å². The van der Waals surface area contributed by atoms with Crippen molar-refractivity contribution in [3.05, 3.63) is 57.7 Å². The molecular weight excluding hydrogens is 359 g/mol. The van der Waals surface area contributed by atoms with E-state index in [1.54, 1.807) is 23.1 Å². The highest BCUT2D eigenvalue weighted by molar-refractivity contribution is 6.42. The molecule has 25 heavy (non-hydrogen) atoms. The molecule has 0 unspecified atom stereocenters. The normalized spacial score (nSPS) is 11.0. The Hall–Kier alpha value is -2.04. The zero-order valence-corrected chi connectivity index (χ0v) is 15.6. The van der Waals surface area contributed by atoms with Gasteiger partial charge in [-0.2, -0.15) is 0 Å². The summed E-state index contributed by atoms with van der Waals surface area (Å²) in [5, 5.41) is 5.84. The summed E-state index contributed by atoms with van der Waals surface area (Å²) in [4.78, 5) is 14.6. The Morgan fingerprint density at radius 3 is 2.68 bits per heavy atom. The van der Waals surface area contributed by atoms with E-state index in [-0.39, 0.29) is 12.3 Å². The zero-order chi connectivity index (χ0) is 18.0. The number of hydrogen-bond donors (Lipinski definition) is 0. The van der Waals surface area contributed by atoms with Gasteiger partial charge in [-0.25, -0.2) is 0 Å². The van der Waals surface area contributed by atoms with E-state index >= 15 is 0 Å². The lowest BCUT2D eigenvalue weighted by molar-refractivity contribution is -0.118. The first-order chi connectivity index (χ1) is 12.0. The number of fused-ring (bicyclic) bond motifs is 1. The third-order valence-electron chi connectivity index (χ3n) is 3.98. The third-order valence-corrected chi connectivity index (χ3v) is 4.72. The van der Waals surface area contributed by atoms with Gasteiger partial charge in [0.25, 0.3) is 0 Å². The summed E-state index contributed by atoms with van der Waals surface area (Å²) in [5.74, 6) is -0.0584. The third kappa shape index (κ3) is 3.80. The molecule has 1 heterocycles. The summed E-state index contributed by atoms with van der Waals surface area (Å²) >= 11 is 12.1. The van der Waals surface area contributed by atoms with E-state index in [4.69, 9.17) is 27.7 Å². The molecule has 3 rings (SSSR count). The van der Waals surface area contributed by atoms with E-state index in [9.17, 15) is 4.79 Å². The van der Waals surface area contributed by atoms with E-state index in [2.05, 4.69) is 5.16 Å². The first-order valence-corrected chi connectivity index (χ1v) is 8.85. The molecule has 0 aliphatic rings. The highest BCUT2D eigenvalue weighted by atomic mass is 35.5. The fraction of sp³-hybridized carbons (Fsp3) is 0.263. The quantitative estimate of drug-likeness (QED) is 0.596. The predicted molar refractivity (Wildman–Crippen MR) is 102 cm³/mol. The minimum atomic E-state index is -0.0584. The molecule has 6 heteroatoms. The van der Waals surface area contributed by atoms with Gasteiger partial charge in [0, 0.05) is 17.6 Å². The molecule has 1 aromatic heterocycles. The van der Waals surface area contributed by atoms with E-state index in [1.165, 1.54) is 0 Å². The van der Waals surface area contributed by atoms with Crippen LogP contribution in [0.1, 0.15) is 24.6 Å². The number of halogens is 2. The largest absolute Gasteiger partial charge is 0.356 e. The van der Waals surface area contributed by atoms with Crippen LogP contribution in [0.15, 0.2) is 40.9 Å². The van der Waals surface area contributed by atoms with Crippen molar-refractivity contribution in [2.24, 2.45) is 0 Å². The second-order valence-electron chi connectivity index (χ2n) is 5.95. The van der Waals surface area contributed by atoms with Crippen molar-refractivity contribution in [3.8, 4) is 0 Å². The Labute approximate surface area is 156 Å². The van der Waals surface area contributed by atoms with Crippen LogP contribution in [-0.2, 0) is 11.2 Å². The summed E-state index contributed by atoms with van der Waals surface area (Å²) in [6.07, 6.45) is 0.987. The molecule has 0 radical (unpaired) electrons. The van der Waals surface area contributed by atoms with Crippen molar-refractivity contribution < 1.29 is 9.32 Å². The molecule has 0 saturated carbocycles. The molecule has 0 aliphatic carbocycles. The number of carbonyl (C=O) groups excluding carboxylic acids is 1. The van der Waals surface area contributed by atoms with Crippen molar-refractivity contribution in [1.29, 1.82) is 0 Å². The Morgan fingerprint density at radius 2 is 1.96 bits per heavy atom. The van der Waals surface area contributed by atoms with E-state index in [0.29, 0.717) is 27.9 Å². The predicted octanol–water partition coefficient (Wildman–Crippen LogP) is 5.43. The summed E-state index contributed by atoms with van der Waals surface area (Å²) in [5.41, 5.74) is 3.15. The number of rotatable bonds is 5. The monoisotopic (exact) mass is 376 g/mol. The van der Waals surface area contributed by atoms with Gasteiger partial charge in [-0.1, -0.05) is 46.9 Å². The molecule has 0 aliphatic heterocycles. The lowest BCUT2D eigenvalue weighted by Crippen LogP contribution is -2.33. The average molecular weight is 377 g/mol. The van der Waals surface area contributed by atoms with Crippen LogP contribution in [-0.4, -0.2) is 17.6 Å². The number of carbonyl (C=O) groups is 1. The molecule has 0 saturated heterocycles. The Balaban J connectivity index is 1.89. The maximum atomic E-state index is 12.9. The van der Waals surface area contributed by atoms with Crippen LogP contribution in [0.3, 0.4) is 0 Å². The lowest BCUT2D eigenvalue weighted by atomic mass is 10.1. The highest BCUT2D eigenvalue weighted by Gasteiger charge is 2.20. The van der Waals surface area contributed by atoms with E-state index in [0.717, 1.165) is 23.1 Å². The fourth-order valence-corrected chi connectivity index (χ4v) is 3.04. The number of hydrogen-bond acceptors (Lipinski definition) is 3. The molecule has 0 N–H and O–H groups in total. The lowest BCUT2D eigenvalue weighted by Gasteiger charge is -2.22. The topological polar surface area (TPSA) is 46.3 Å². The number of aryl methyl sites for hydroxylation is 1. The molecule has 130 valence electrons. The second kappa shape index (κ2) is 7.46.